The maximum atomic E-state index is 12.9. The summed E-state index contributed by atoms with van der Waals surface area (Å²) >= 11 is 0. The third-order valence-electron chi connectivity index (χ3n) is 5.01. The number of hydrogen-bond acceptors (Lipinski definition) is 7. The molecule has 0 saturated carbocycles. The number of nitrogens with two attached hydrogens (primary N) is 1. The molecule has 1 fully saturated rings. The van der Waals surface area contributed by atoms with Crippen LogP contribution in [0.5, 0.6) is 11.5 Å². The van der Waals surface area contributed by atoms with Crippen molar-refractivity contribution in [1.29, 1.82) is 0 Å². The van der Waals surface area contributed by atoms with Crippen LogP contribution in [0.25, 0.3) is 0 Å². The zero-order valence-corrected chi connectivity index (χ0v) is 17.7. The maximum Gasteiger partial charge on any atom is 0.344 e. The van der Waals surface area contributed by atoms with Crippen molar-refractivity contribution in [2.24, 2.45) is 10.1 Å². The summed E-state index contributed by atoms with van der Waals surface area (Å²) in [5, 5.41) is 1.58. The fraction of sp³-hybridized carbons (Fsp3) is 0.300. The van der Waals surface area contributed by atoms with Gasteiger partial charge in [-0.05, 0) is 43.2 Å². The summed E-state index contributed by atoms with van der Waals surface area (Å²) in [6.45, 7) is 0.840. The molecule has 4 rings (SSSR count). The number of carbonyl (C=O) groups is 1. The smallest absolute Gasteiger partial charge is 0.344 e. The number of hydrazine groups is 1. The van der Waals surface area contributed by atoms with E-state index < -0.39 is 10.2 Å². The number of hydrogen-bond donors (Lipinski definition) is 3. The lowest BCUT2D eigenvalue weighted by atomic mass is 10.1. The van der Waals surface area contributed by atoms with Gasteiger partial charge in [0.2, 0.25) is 0 Å². The van der Waals surface area contributed by atoms with Gasteiger partial charge in [-0.2, -0.15) is 8.42 Å². The van der Waals surface area contributed by atoms with Gasteiger partial charge in [-0.3, -0.25) is 14.5 Å². The molecule has 2 aliphatic heterocycles. The predicted molar refractivity (Wildman–Crippen MR) is 115 cm³/mol. The second-order valence-electron chi connectivity index (χ2n) is 7.20. The Bertz CT molecular complexity index is 1130. The van der Waals surface area contributed by atoms with Crippen molar-refractivity contribution in [2.75, 3.05) is 25.0 Å². The molecule has 1 atom stereocenters. The van der Waals surface area contributed by atoms with E-state index in [1.54, 1.807) is 54.6 Å². The molecule has 0 radical (unpaired) electrons. The summed E-state index contributed by atoms with van der Waals surface area (Å²) in [7, 11) is -2.30. The number of carbonyl (C=O) groups excluding carboxylic acids is 1. The molecular weight excluding hydrogens is 422 g/mol. The highest BCUT2D eigenvalue weighted by molar-refractivity contribution is 7.91. The number of methoxy groups -OCH3 is 1. The average molecular weight is 446 g/mol. The highest BCUT2D eigenvalue weighted by Gasteiger charge is 2.27. The van der Waals surface area contributed by atoms with Gasteiger partial charge in [0.25, 0.3) is 5.91 Å². The van der Waals surface area contributed by atoms with E-state index in [2.05, 4.69) is 14.5 Å². The third kappa shape index (κ3) is 4.57. The van der Waals surface area contributed by atoms with Gasteiger partial charge in [-0.25, -0.2) is 5.43 Å². The van der Waals surface area contributed by atoms with Crippen molar-refractivity contribution < 1.29 is 22.7 Å². The summed E-state index contributed by atoms with van der Waals surface area (Å²) in [4.78, 5) is 12.9. The summed E-state index contributed by atoms with van der Waals surface area (Å²) in [5.74, 6) is 0.757. The van der Waals surface area contributed by atoms with E-state index >= 15 is 0 Å². The zero-order valence-electron chi connectivity index (χ0n) is 16.9. The SMILES string of the molecule is COc1cccc(C(=O)N2CCC[C@H](COc3cccc4c3C(N)=NS(=O)(=O)N4)N2)c1. The van der Waals surface area contributed by atoms with Crippen molar-refractivity contribution >= 4 is 27.6 Å². The molecule has 0 aromatic heterocycles. The Kier molecular flexibility index (Phi) is 5.70. The first-order valence-corrected chi connectivity index (χ1v) is 11.2. The van der Waals surface area contributed by atoms with E-state index in [0.717, 1.165) is 12.8 Å². The Labute approximate surface area is 180 Å². The average Bonchev–Trinajstić information content (AvgIpc) is 2.76. The zero-order chi connectivity index (χ0) is 22.0. The molecule has 31 heavy (non-hydrogen) atoms. The number of fused-ring (bicyclic) bond motifs is 1. The van der Waals surface area contributed by atoms with Crippen LogP contribution in [0.3, 0.4) is 0 Å². The van der Waals surface area contributed by atoms with Gasteiger partial charge >= 0.3 is 10.2 Å². The minimum atomic E-state index is -3.85. The second-order valence-corrected chi connectivity index (χ2v) is 8.54. The van der Waals surface area contributed by atoms with E-state index in [0.29, 0.717) is 34.9 Å². The van der Waals surface area contributed by atoms with Gasteiger partial charge in [-0.15, -0.1) is 4.40 Å². The highest BCUT2D eigenvalue weighted by atomic mass is 32.2. The first kappa shape index (κ1) is 20.9. The molecule has 0 aliphatic carbocycles. The van der Waals surface area contributed by atoms with Gasteiger partial charge in [0, 0.05) is 12.1 Å². The number of benzene rings is 2. The van der Waals surface area contributed by atoms with Crippen LogP contribution in [0, 0.1) is 0 Å². The topological polar surface area (TPSA) is 135 Å². The van der Waals surface area contributed by atoms with E-state index in [1.807, 2.05) is 0 Å². The number of amidine groups is 1. The molecule has 1 amide bonds. The van der Waals surface area contributed by atoms with Crippen LogP contribution in [0.4, 0.5) is 5.69 Å². The van der Waals surface area contributed by atoms with E-state index in [4.69, 9.17) is 15.2 Å². The minimum Gasteiger partial charge on any atom is -0.497 e. The first-order valence-electron chi connectivity index (χ1n) is 9.73. The van der Waals surface area contributed by atoms with Crippen LogP contribution in [0.15, 0.2) is 46.9 Å². The Balaban J connectivity index is 1.44. The fourth-order valence-corrected chi connectivity index (χ4v) is 4.41. The molecule has 2 heterocycles. The van der Waals surface area contributed by atoms with Gasteiger partial charge in [0.1, 0.15) is 18.1 Å². The summed E-state index contributed by atoms with van der Waals surface area (Å²) < 4.78 is 40.4. The number of amides is 1. The largest absolute Gasteiger partial charge is 0.497 e. The number of nitrogens with one attached hydrogen (secondary N) is 2. The first-order chi connectivity index (χ1) is 14.9. The van der Waals surface area contributed by atoms with Gasteiger partial charge < -0.3 is 15.2 Å². The summed E-state index contributed by atoms with van der Waals surface area (Å²) in [5.41, 5.74) is 10.3. The van der Waals surface area contributed by atoms with Crippen LogP contribution in [0.1, 0.15) is 28.8 Å². The predicted octanol–water partition coefficient (Wildman–Crippen LogP) is 1.26. The molecule has 0 unspecified atom stereocenters. The van der Waals surface area contributed by atoms with Crippen molar-refractivity contribution in [3.05, 3.63) is 53.6 Å². The molecule has 4 N–H and O–H groups in total. The van der Waals surface area contributed by atoms with Gasteiger partial charge in [0.05, 0.1) is 24.4 Å². The maximum absolute atomic E-state index is 12.9. The third-order valence-corrected chi connectivity index (χ3v) is 5.93. The van der Waals surface area contributed by atoms with E-state index in [-0.39, 0.29) is 24.4 Å². The van der Waals surface area contributed by atoms with Crippen LogP contribution < -0.4 is 25.4 Å². The lowest BCUT2D eigenvalue weighted by Crippen LogP contribution is -2.54. The molecule has 1 saturated heterocycles. The standard InChI is InChI=1S/C20H23N5O5S/c1-29-15-7-2-5-13(11-15)20(26)25-10-4-6-14(22-25)12-30-17-9-3-8-16-18(17)19(21)24-31(27,28)23-16/h2-3,5,7-9,11,14,22-23H,4,6,10,12H2,1H3,(H2,21,24)/t14-/m1/s1. The summed E-state index contributed by atoms with van der Waals surface area (Å²) in [6.07, 6.45) is 1.63. The fourth-order valence-electron chi connectivity index (χ4n) is 3.57. The quantitative estimate of drug-likeness (QED) is 0.630. The van der Waals surface area contributed by atoms with Crippen molar-refractivity contribution in [3.63, 3.8) is 0 Å². The monoisotopic (exact) mass is 445 g/mol. The van der Waals surface area contributed by atoms with Crippen LogP contribution in [-0.2, 0) is 10.2 Å². The van der Waals surface area contributed by atoms with Crippen molar-refractivity contribution in [3.8, 4) is 11.5 Å². The normalized spacial score (nSPS) is 19.6. The van der Waals surface area contributed by atoms with E-state index in [1.165, 1.54) is 0 Å². The number of nitrogens with zero attached hydrogens (tertiary/aromatic N) is 2. The van der Waals surface area contributed by atoms with Gasteiger partial charge in [-0.1, -0.05) is 12.1 Å². The molecule has 11 heteroatoms. The Morgan fingerprint density at radius 1 is 1.29 bits per heavy atom. The van der Waals surface area contributed by atoms with Gasteiger partial charge in [0.15, 0.2) is 5.84 Å². The molecule has 0 bridgehead atoms. The molecule has 2 aromatic rings. The lowest BCUT2D eigenvalue weighted by molar-refractivity contribution is 0.0481. The molecule has 0 spiro atoms. The Morgan fingerprint density at radius 3 is 2.90 bits per heavy atom. The lowest BCUT2D eigenvalue weighted by Gasteiger charge is -2.34. The number of ether oxygens (including phenoxy) is 2. The number of anilines is 1. The van der Waals surface area contributed by atoms with Crippen LogP contribution in [-0.4, -0.2) is 51.5 Å². The Morgan fingerprint density at radius 2 is 2.10 bits per heavy atom. The molecule has 2 aromatic carbocycles. The highest BCUT2D eigenvalue weighted by Crippen LogP contribution is 2.30. The molecule has 2 aliphatic rings. The van der Waals surface area contributed by atoms with Crippen molar-refractivity contribution in [2.45, 2.75) is 18.9 Å². The molecular formula is C20H23N5O5S. The molecule has 164 valence electrons. The van der Waals surface area contributed by atoms with E-state index in [9.17, 15) is 13.2 Å². The minimum absolute atomic E-state index is 0.113. The number of rotatable bonds is 5. The molecule has 10 nitrogen and oxygen atoms in total. The van der Waals surface area contributed by atoms with Crippen LogP contribution >= 0.6 is 0 Å². The van der Waals surface area contributed by atoms with Crippen molar-refractivity contribution in [1.82, 2.24) is 10.4 Å². The summed E-state index contributed by atoms with van der Waals surface area (Å²) in [6, 6.07) is 11.8. The van der Waals surface area contributed by atoms with Crippen LogP contribution in [0.2, 0.25) is 0 Å². The second kappa shape index (κ2) is 8.44. The Hall–Kier alpha value is -3.31.